The van der Waals surface area contributed by atoms with E-state index in [1.165, 1.54) is 0 Å². The predicted octanol–water partition coefficient (Wildman–Crippen LogP) is 1.24. The summed E-state index contributed by atoms with van der Waals surface area (Å²) in [4.78, 5) is 2.33. The van der Waals surface area contributed by atoms with Crippen molar-refractivity contribution < 1.29 is 14.6 Å². The molecule has 20 heavy (non-hydrogen) atoms. The van der Waals surface area contributed by atoms with Gasteiger partial charge in [-0.2, -0.15) is 0 Å². The van der Waals surface area contributed by atoms with Crippen LogP contribution in [0.15, 0.2) is 12.1 Å². The molecule has 1 aromatic carbocycles. The number of aliphatic hydroxyl groups excluding tert-OH is 1. The summed E-state index contributed by atoms with van der Waals surface area (Å²) in [6.45, 7) is 5.84. The molecule has 0 saturated carbocycles. The molecule has 0 radical (unpaired) electrons. The lowest BCUT2D eigenvalue weighted by molar-refractivity contribution is 0.0320. The second-order valence-electron chi connectivity index (χ2n) is 5.76. The van der Waals surface area contributed by atoms with Gasteiger partial charge in [0.1, 0.15) is 13.2 Å². The van der Waals surface area contributed by atoms with E-state index >= 15 is 0 Å². The average molecular weight is 278 g/mol. The number of rotatable bonds is 2. The molecule has 2 aliphatic rings. The number of aliphatic hydroxyl groups is 1. The summed E-state index contributed by atoms with van der Waals surface area (Å²) in [6, 6.07) is 3.84. The number of ether oxygens (including phenoxy) is 2. The zero-order valence-corrected chi connectivity index (χ0v) is 11.8. The first-order chi connectivity index (χ1) is 9.63. The minimum Gasteiger partial charge on any atom is -0.486 e. The standard InChI is InChI=1S/C15H22N2O3/c1-10-8-17(3-2-13(10)18)9-11-6-14-15(7-12(11)16)20-5-4-19-14/h6-7,10,13,18H,2-5,8-9,16H2,1H3. The summed E-state index contributed by atoms with van der Waals surface area (Å²) in [5, 5.41) is 9.79. The highest BCUT2D eigenvalue weighted by atomic mass is 16.6. The molecule has 1 saturated heterocycles. The normalized spacial score (nSPS) is 26.5. The average Bonchev–Trinajstić information content (AvgIpc) is 2.44. The summed E-state index contributed by atoms with van der Waals surface area (Å²) in [6.07, 6.45) is 0.648. The Kier molecular flexibility index (Phi) is 3.72. The van der Waals surface area contributed by atoms with E-state index in [4.69, 9.17) is 15.2 Å². The first-order valence-corrected chi connectivity index (χ1v) is 7.22. The zero-order valence-electron chi connectivity index (χ0n) is 11.8. The highest BCUT2D eigenvalue weighted by molar-refractivity contribution is 5.58. The third-order valence-electron chi connectivity index (χ3n) is 4.14. The van der Waals surface area contributed by atoms with Gasteiger partial charge in [0.05, 0.1) is 6.10 Å². The minimum absolute atomic E-state index is 0.177. The fourth-order valence-corrected chi connectivity index (χ4v) is 2.89. The second kappa shape index (κ2) is 5.50. The number of nitrogens with two attached hydrogens (primary N) is 1. The van der Waals surface area contributed by atoms with E-state index in [0.717, 1.165) is 48.8 Å². The van der Waals surface area contributed by atoms with Crippen LogP contribution >= 0.6 is 0 Å². The second-order valence-corrected chi connectivity index (χ2v) is 5.76. The van der Waals surface area contributed by atoms with Gasteiger partial charge in [-0.25, -0.2) is 0 Å². The molecule has 0 aliphatic carbocycles. The summed E-state index contributed by atoms with van der Waals surface area (Å²) >= 11 is 0. The van der Waals surface area contributed by atoms with Gasteiger partial charge in [0.15, 0.2) is 11.5 Å². The van der Waals surface area contributed by atoms with Crippen molar-refractivity contribution in [1.29, 1.82) is 0 Å². The third kappa shape index (κ3) is 2.69. The molecule has 0 aromatic heterocycles. The number of fused-ring (bicyclic) bond motifs is 1. The van der Waals surface area contributed by atoms with Gasteiger partial charge < -0.3 is 20.3 Å². The Morgan fingerprint density at radius 1 is 1.30 bits per heavy atom. The van der Waals surface area contributed by atoms with Crippen LogP contribution in [0.5, 0.6) is 11.5 Å². The predicted molar refractivity (Wildman–Crippen MR) is 76.9 cm³/mol. The third-order valence-corrected chi connectivity index (χ3v) is 4.14. The number of nitrogen functional groups attached to an aromatic ring is 1. The molecule has 2 unspecified atom stereocenters. The molecule has 0 spiro atoms. The molecule has 0 amide bonds. The molecule has 110 valence electrons. The molecule has 5 nitrogen and oxygen atoms in total. The molecule has 3 N–H and O–H groups in total. The van der Waals surface area contributed by atoms with Crippen molar-refractivity contribution in [2.45, 2.75) is 26.0 Å². The molecule has 1 aromatic rings. The van der Waals surface area contributed by atoms with Crippen LogP contribution in [-0.4, -0.2) is 42.4 Å². The molecule has 2 heterocycles. The Morgan fingerprint density at radius 2 is 2.00 bits per heavy atom. The van der Waals surface area contributed by atoms with E-state index in [2.05, 4.69) is 11.8 Å². The lowest BCUT2D eigenvalue weighted by Crippen LogP contribution is -2.41. The molecule has 1 fully saturated rings. The topological polar surface area (TPSA) is 68.0 Å². The van der Waals surface area contributed by atoms with Crippen LogP contribution in [0.2, 0.25) is 0 Å². The number of nitrogens with zero attached hydrogens (tertiary/aromatic N) is 1. The Hall–Kier alpha value is -1.46. The fourth-order valence-electron chi connectivity index (χ4n) is 2.89. The van der Waals surface area contributed by atoms with Crippen LogP contribution in [-0.2, 0) is 6.54 Å². The quantitative estimate of drug-likeness (QED) is 0.797. The van der Waals surface area contributed by atoms with Gasteiger partial charge in [0, 0.05) is 31.4 Å². The van der Waals surface area contributed by atoms with Gasteiger partial charge in [-0.1, -0.05) is 6.92 Å². The van der Waals surface area contributed by atoms with Crippen molar-refractivity contribution in [3.63, 3.8) is 0 Å². The van der Waals surface area contributed by atoms with Crippen molar-refractivity contribution in [3.8, 4) is 11.5 Å². The summed E-state index contributed by atoms with van der Waals surface area (Å²) in [7, 11) is 0. The van der Waals surface area contributed by atoms with Crippen molar-refractivity contribution in [3.05, 3.63) is 17.7 Å². The Labute approximate surface area is 119 Å². The lowest BCUT2D eigenvalue weighted by atomic mass is 9.96. The first-order valence-electron chi connectivity index (χ1n) is 7.22. The van der Waals surface area contributed by atoms with Crippen molar-refractivity contribution in [1.82, 2.24) is 4.90 Å². The smallest absolute Gasteiger partial charge is 0.163 e. The summed E-state index contributed by atoms with van der Waals surface area (Å²) in [5.74, 6) is 1.83. The van der Waals surface area contributed by atoms with Gasteiger partial charge in [-0.05, 0) is 24.0 Å². The SMILES string of the molecule is CC1CN(Cc2cc3c(cc2N)OCCO3)CCC1O. The minimum atomic E-state index is -0.177. The lowest BCUT2D eigenvalue weighted by Gasteiger charge is -2.34. The van der Waals surface area contributed by atoms with E-state index in [9.17, 15) is 5.11 Å². The monoisotopic (exact) mass is 278 g/mol. The van der Waals surface area contributed by atoms with Crippen LogP contribution in [0.25, 0.3) is 0 Å². The molecule has 3 rings (SSSR count). The molecular formula is C15H22N2O3. The zero-order chi connectivity index (χ0) is 14.1. The van der Waals surface area contributed by atoms with E-state index in [1.807, 2.05) is 12.1 Å². The van der Waals surface area contributed by atoms with E-state index in [-0.39, 0.29) is 6.10 Å². The van der Waals surface area contributed by atoms with E-state index < -0.39 is 0 Å². The highest BCUT2D eigenvalue weighted by Crippen LogP contribution is 2.35. The van der Waals surface area contributed by atoms with Crippen LogP contribution in [0.4, 0.5) is 5.69 Å². The van der Waals surface area contributed by atoms with Crippen LogP contribution < -0.4 is 15.2 Å². The summed E-state index contributed by atoms with van der Waals surface area (Å²) < 4.78 is 11.1. The molecule has 2 aliphatic heterocycles. The summed E-state index contributed by atoms with van der Waals surface area (Å²) in [5.41, 5.74) is 7.92. The maximum absolute atomic E-state index is 9.79. The van der Waals surface area contributed by atoms with Gasteiger partial charge in [-0.15, -0.1) is 0 Å². The van der Waals surface area contributed by atoms with Crippen LogP contribution in [0.3, 0.4) is 0 Å². The van der Waals surface area contributed by atoms with Crippen molar-refractivity contribution in [2.75, 3.05) is 32.0 Å². The number of hydrogen-bond donors (Lipinski definition) is 2. The van der Waals surface area contributed by atoms with Gasteiger partial charge in [0.2, 0.25) is 0 Å². The number of hydrogen-bond acceptors (Lipinski definition) is 5. The molecule has 5 heteroatoms. The molecular weight excluding hydrogens is 256 g/mol. The maximum atomic E-state index is 9.79. The largest absolute Gasteiger partial charge is 0.486 e. The Morgan fingerprint density at radius 3 is 2.70 bits per heavy atom. The molecule has 2 atom stereocenters. The number of benzene rings is 1. The van der Waals surface area contributed by atoms with Crippen molar-refractivity contribution in [2.24, 2.45) is 5.92 Å². The Bertz CT molecular complexity index is 492. The maximum Gasteiger partial charge on any atom is 0.163 e. The van der Waals surface area contributed by atoms with E-state index in [0.29, 0.717) is 19.1 Å². The number of likely N-dealkylation sites (tertiary alicyclic amines) is 1. The van der Waals surface area contributed by atoms with E-state index in [1.54, 1.807) is 0 Å². The van der Waals surface area contributed by atoms with Crippen LogP contribution in [0.1, 0.15) is 18.9 Å². The number of piperidine rings is 1. The fraction of sp³-hybridized carbons (Fsp3) is 0.600. The van der Waals surface area contributed by atoms with Gasteiger partial charge in [-0.3, -0.25) is 4.90 Å². The molecule has 0 bridgehead atoms. The first kappa shape index (κ1) is 13.5. The number of anilines is 1. The van der Waals surface area contributed by atoms with Gasteiger partial charge >= 0.3 is 0 Å². The van der Waals surface area contributed by atoms with Crippen LogP contribution in [0, 0.1) is 5.92 Å². The van der Waals surface area contributed by atoms with Crippen molar-refractivity contribution >= 4 is 5.69 Å². The highest BCUT2D eigenvalue weighted by Gasteiger charge is 2.25. The Balaban J connectivity index is 1.74. The van der Waals surface area contributed by atoms with Gasteiger partial charge in [0.25, 0.3) is 0 Å².